The lowest BCUT2D eigenvalue weighted by molar-refractivity contribution is 1.07. The predicted molar refractivity (Wildman–Crippen MR) is 36.2 cm³/mol. The van der Waals surface area contributed by atoms with E-state index in [-0.39, 0.29) is 5.52 Å². The summed E-state index contributed by atoms with van der Waals surface area (Å²) in [5.41, 5.74) is -0.621. The largest absolute Gasteiger partial charge is 0.327 e. The third-order valence-corrected chi connectivity index (χ3v) is 1.27. The summed E-state index contributed by atoms with van der Waals surface area (Å²) in [6.45, 7) is 0. The number of aromatic nitrogens is 4. The van der Waals surface area contributed by atoms with Crippen molar-refractivity contribution >= 4 is 11.2 Å². The smallest absolute Gasteiger partial charge is 0.321 e. The predicted octanol–water partition coefficient (Wildman–Crippen LogP) is -1.26. The van der Waals surface area contributed by atoms with Gasteiger partial charge in [-0.05, 0) is 0 Å². The lowest BCUT2D eigenvalue weighted by atomic mass is 10.5. The summed E-state index contributed by atoms with van der Waals surface area (Å²) < 4.78 is 0. The average Bonchev–Trinajstić information content (AvgIpc) is 2.34. The van der Waals surface area contributed by atoms with Crippen molar-refractivity contribution in [3.05, 3.63) is 27.2 Å². The molecule has 0 fully saturated rings. The van der Waals surface area contributed by atoms with Crippen LogP contribution in [-0.4, -0.2) is 19.9 Å². The maximum Gasteiger partial charge on any atom is 0.327 e. The third kappa shape index (κ3) is 0.759. The van der Waals surface area contributed by atoms with Crippen molar-refractivity contribution in [2.75, 3.05) is 0 Å². The maximum absolute atomic E-state index is 10.9. The van der Waals surface area contributed by atoms with Crippen LogP contribution < -0.4 is 11.2 Å². The van der Waals surface area contributed by atoms with E-state index in [1.165, 1.54) is 0 Å². The topological polar surface area (TPSA) is 94.4 Å². The van der Waals surface area contributed by atoms with Crippen LogP contribution in [0.2, 0.25) is 0 Å². The summed E-state index contributed by atoms with van der Waals surface area (Å²) in [6.07, 6.45) is 2.34. The van der Waals surface area contributed by atoms with Crippen molar-refractivity contribution in [2.45, 2.75) is 0 Å². The zero-order valence-corrected chi connectivity index (χ0v) is 5.26. The molecule has 0 atom stereocenters. The molecule has 0 saturated heterocycles. The van der Waals surface area contributed by atoms with Crippen molar-refractivity contribution in [1.29, 1.82) is 0 Å². The van der Waals surface area contributed by atoms with E-state index < -0.39 is 11.2 Å². The van der Waals surface area contributed by atoms with Gasteiger partial charge in [0.15, 0.2) is 11.8 Å². The molecule has 2 aromatic heterocycles. The molecule has 0 aliphatic carbocycles. The molecule has 2 aromatic rings. The molecule has 0 amide bonds. The number of nitrogens with one attached hydrogen (secondary N) is 3. The van der Waals surface area contributed by atoms with Gasteiger partial charge >= 0.3 is 5.69 Å². The Balaban J connectivity index is 3.15. The van der Waals surface area contributed by atoms with Crippen LogP contribution in [0.15, 0.2) is 9.59 Å². The van der Waals surface area contributed by atoms with Crippen LogP contribution in [0, 0.1) is 6.33 Å². The van der Waals surface area contributed by atoms with Gasteiger partial charge < -0.3 is 4.98 Å². The van der Waals surface area contributed by atoms with Gasteiger partial charge in [0.2, 0.25) is 0 Å². The maximum atomic E-state index is 10.9. The molecule has 6 nitrogen and oxygen atoms in total. The first-order chi connectivity index (χ1) is 5.27. The highest BCUT2D eigenvalue weighted by atomic mass is 16.2. The minimum absolute atomic E-state index is 0.157. The van der Waals surface area contributed by atoms with E-state index in [1.807, 2.05) is 4.98 Å². The molecule has 0 aliphatic heterocycles. The van der Waals surface area contributed by atoms with Crippen molar-refractivity contribution in [2.24, 2.45) is 0 Å². The number of H-pyrrole nitrogens is 3. The summed E-state index contributed by atoms with van der Waals surface area (Å²) in [7, 11) is 0. The third-order valence-electron chi connectivity index (χ3n) is 1.27. The van der Waals surface area contributed by atoms with E-state index in [0.29, 0.717) is 5.65 Å². The zero-order valence-electron chi connectivity index (χ0n) is 5.26. The number of hydrogen-bond acceptors (Lipinski definition) is 3. The molecular formula is C5H3N4O2. The van der Waals surface area contributed by atoms with Gasteiger partial charge in [-0.25, -0.2) is 9.78 Å². The van der Waals surface area contributed by atoms with E-state index in [0.717, 1.165) is 0 Å². The van der Waals surface area contributed by atoms with Gasteiger partial charge in [-0.2, -0.15) is 0 Å². The summed E-state index contributed by atoms with van der Waals surface area (Å²) >= 11 is 0. The van der Waals surface area contributed by atoms with Gasteiger partial charge in [0.1, 0.15) is 5.65 Å². The van der Waals surface area contributed by atoms with E-state index in [2.05, 4.69) is 21.3 Å². The molecule has 3 N–H and O–H groups in total. The Morgan fingerprint density at radius 3 is 2.91 bits per heavy atom. The monoisotopic (exact) mass is 151 g/mol. The quantitative estimate of drug-likeness (QED) is 0.438. The van der Waals surface area contributed by atoms with Crippen LogP contribution in [0.25, 0.3) is 11.2 Å². The van der Waals surface area contributed by atoms with Crippen LogP contribution in [0.5, 0.6) is 0 Å². The first-order valence-electron chi connectivity index (χ1n) is 2.86. The van der Waals surface area contributed by atoms with Gasteiger partial charge in [-0.3, -0.25) is 14.8 Å². The fourth-order valence-corrected chi connectivity index (χ4v) is 0.817. The van der Waals surface area contributed by atoms with E-state index in [9.17, 15) is 9.59 Å². The molecule has 2 heterocycles. The van der Waals surface area contributed by atoms with E-state index in [1.54, 1.807) is 0 Å². The Morgan fingerprint density at radius 1 is 1.27 bits per heavy atom. The van der Waals surface area contributed by atoms with Crippen molar-refractivity contribution in [3.63, 3.8) is 0 Å². The van der Waals surface area contributed by atoms with Gasteiger partial charge in [-0.1, -0.05) is 0 Å². The Kier molecular flexibility index (Phi) is 0.974. The lowest BCUT2D eigenvalue weighted by Crippen LogP contribution is -2.21. The Labute approximate surface area is 59.3 Å². The van der Waals surface area contributed by atoms with Gasteiger partial charge in [0, 0.05) is 0 Å². The first kappa shape index (κ1) is 5.90. The second-order valence-corrected chi connectivity index (χ2v) is 1.98. The Morgan fingerprint density at radius 2 is 2.09 bits per heavy atom. The average molecular weight is 151 g/mol. The van der Waals surface area contributed by atoms with Crippen LogP contribution in [0.1, 0.15) is 0 Å². The number of nitrogens with zero attached hydrogens (tertiary/aromatic N) is 1. The molecular weight excluding hydrogens is 148 g/mol. The molecule has 0 aliphatic rings. The summed E-state index contributed by atoms with van der Waals surface area (Å²) in [6, 6.07) is 0. The zero-order chi connectivity index (χ0) is 7.84. The van der Waals surface area contributed by atoms with E-state index in [4.69, 9.17) is 0 Å². The molecule has 0 aromatic carbocycles. The fraction of sp³-hybridized carbons (Fsp3) is 0. The molecule has 0 spiro atoms. The highest BCUT2D eigenvalue weighted by molar-refractivity contribution is 5.67. The molecule has 55 valence electrons. The molecule has 11 heavy (non-hydrogen) atoms. The van der Waals surface area contributed by atoms with Crippen LogP contribution in [-0.2, 0) is 0 Å². The summed E-state index contributed by atoms with van der Waals surface area (Å²) in [4.78, 5) is 31.9. The molecule has 0 unspecified atom stereocenters. The normalized spacial score (nSPS) is 10.5. The minimum atomic E-state index is -0.555. The minimum Gasteiger partial charge on any atom is -0.321 e. The lowest BCUT2D eigenvalue weighted by Gasteiger charge is -1.83. The molecule has 2 rings (SSSR count). The van der Waals surface area contributed by atoms with Crippen molar-refractivity contribution < 1.29 is 0 Å². The highest BCUT2D eigenvalue weighted by Crippen LogP contribution is 1.91. The van der Waals surface area contributed by atoms with Gasteiger partial charge in [0.05, 0.1) is 0 Å². The standard InChI is InChI=1S/C5H3N4O2/c10-4-2-3(7-1-6-2)8-5(11)9-4/h(H3,6,7,8,9,10,11). The van der Waals surface area contributed by atoms with Gasteiger partial charge in [0.25, 0.3) is 5.56 Å². The summed E-state index contributed by atoms with van der Waals surface area (Å²) in [5, 5.41) is 0. The fourth-order valence-electron chi connectivity index (χ4n) is 0.817. The van der Waals surface area contributed by atoms with Crippen LogP contribution in [0.4, 0.5) is 0 Å². The number of aromatic amines is 3. The Hall–Kier alpha value is -1.85. The number of fused-ring (bicyclic) bond motifs is 1. The molecule has 0 saturated carbocycles. The SMILES string of the molecule is O=c1[nH]c(=O)c2n[c][nH]c2[nH]1. The van der Waals surface area contributed by atoms with Crippen LogP contribution >= 0.6 is 0 Å². The molecule has 0 bridgehead atoms. The number of rotatable bonds is 0. The number of hydrogen-bond donors (Lipinski definition) is 3. The summed E-state index contributed by atoms with van der Waals surface area (Å²) in [5.74, 6) is 0. The van der Waals surface area contributed by atoms with E-state index >= 15 is 0 Å². The van der Waals surface area contributed by atoms with Gasteiger partial charge in [-0.15, -0.1) is 0 Å². The van der Waals surface area contributed by atoms with Crippen molar-refractivity contribution in [1.82, 2.24) is 19.9 Å². The van der Waals surface area contributed by atoms with Crippen LogP contribution in [0.3, 0.4) is 0 Å². The molecule has 1 radical (unpaired) electrons. The first-order valence-corrected chi connectivity index (χ1v) is 2.86. The highest BCUT2D eigenvalue weighted by Gasteiger charge is 2.00. The number of imidazole rings is 1. The second kappa shape index (κ2) is 1.82. The Bertz CT molecular complexity index is 491. The second-order valence-electron chi connectivity index (χ2n) is 1.98. The molecule has 6 heteroatoms. The van der Waals surface area contributed by atoms with Crippen molar-refractivity contribution in [3.8, 4) is 0 Å².